The van der Waals surface area contributed by atoms with Gasteiger partial charge in [-0.1, -0.05) is 6.92 Å². The van der Waals surface area contributed by atoms with E-state index in [-0.39, 0.29) is 11.4 Å². The van der Waals surface area contributed by atoms with Gasteiger partial charge in [0.1, 0.15) is 11.6 Å². The minimum atomic E-state index is -0.345. The largest absolute Gasteiger partial charge is 0.497 e. The van der Waals surface area contributed by atoms with E-state index in [2.05, 4.69) is 16.5 Å². The topological polar surface area (TPSA) is 80.4 Å². The molecule has 0 radical (unpaired) electrons. The second kappa shape index (κ2) is 6.98. The van der Waals surface area contributed by atoms with Gasteiger partial charge in [-0.15, -0.1) is 0 Å². The van der Waals surface area contributed by atoms with Crippen LogP contribution >= 0.6 is 11.8 Å². The quantitative estimate of drug-likeness (QED) is 0.562. The maximum atomic E-state index is 9.56. The van der Waals surface area contributed by atoms with Gasteiger partial charge in [-0.05, 0) is 25.1 Å². The third kappa shape index (κ3) is 3.78. The van der Waals surface area contributed by atoms with E-state index in [1.54, 1.807) is 25.8 Å². The Balaban J connectivity index is 2.30. The van der Waals surface area contributed by atoms with Gasteiger partial charge in [-0.2, -0.15) is 11.8 Å². The number of benzene rings is 1. The van der Waals surface area contributed by atoms with E-state index < -0.39 is 0 Å². The van der Waals surface area contributed by atoms with Gasteiger partial charge in [0, 0.05) is 28.0 Å². The van der Waals surface area contributed by atoms with Gasteiger partial charge < -0.3 is 15.3 Å². The molecule has 21 heavy (non-hydrogen) atoms. The first-order valence-corrected chi connectivity index (χ1v) is 7.84. The molecule has 0 bridgehead atoms. The molecule has 0 saturated heterocycles. The zero-order valence-corrected chi connectivity index (χ0v) is 13.3. The Morgan fingerprint density at radius 1 is 1.38 bits per heavy atom. The van der Waals surface area contributed by atoms with Crippen molar-refractivity contribution in [1.29, 1.82) is 0 Å². The summed E-state index contributed by atoms with van der Waals surface area (Å²) in [5.41, 5.74) is 4.50. The van der Waals surface area contributed by atoms with Gasteiger partial charge in [0.05, 0.1) is 18.7 Å². The van der Waals surface area contributed by atoms with Crippen LogP contribution in [0.1, 0.15) is 19.4 Å². The molecule has 4 N–H and O–H groups in total. The summed E-state index contributed by atoms with van der Waals surface area (Å²) in [6.07, 6.45) is -0.345. The van der Waals surface area contributed by atoms with Gasteiger partial charge in [0.25, 0.3) is 0 Å². The van der Waals surface area contributed by atoms with Gasteiger partial charge in [0.15, 0.2) is 0 Å². The van der Waals surface area contributed by atoms with Crippen LogP contribution in [0.15, 0.2) is 24.3 Å². The zero-order valence-electron chi connectivity index (χ0n) is 12.5. The summed E-state index contributed by atoms with van der Waals surface area (Å²) in [7, 11) is 1.63. The van der Waals surface area contributed by atoms with Crippen LogP contribution in [0.5, 0.6) is 5.75 Å². The molecule has 0 saturated carbocycles. The third-order valence-corrected chi connectivity index (χ3v) is 4.82. The Morgan fingerprint density at radius 3 is 2.76 bits per heavy atom. The fraction of sp³-hybridized carbons (Fsp3) is 0.400. The molecule has 1 heterocycles. The zero-order chi connectivity index (χ0) is 15.4. The fourth-order valence-electron chi connectivity index (χ4n) is 1.91. The highest BCUT2D eigenvalue weighted by molar-refractivity contribution is 7.99. The Bertz CT molecular complexity index is 619. The lowest BCUT2D eigenvalue weighted by atomic mass is 10.1. The lowest BCUT2D eigenvalue weighted by molar-refractivity contribution is 0.196. The van der Waals surface area contributed by atoms with E-state index >= 15 is 0 Å². The van der Waals surface area contributed by atoms with Crippen LogP contribution in [-0.2, 0) is 5.75 Å². The number of aliphatic hydroxyl groups excluding tert-OH is 1. The summed E-state index contributed by atoms with van der Waals surface area (Å²) in [6.45, 7) is 3.80. The van der Waals surface area contributed by atoms with Crippen molar-refractivity contribution in [3.63, 3.8) is 0 Å². The minimum absolute atomic E-state index is 0.155. The number of nitrogens with zero attached hydrogens (tertiary/aromatic N) is 1. The predicted octanol–water partition coefficient (Wildman–Crippen LogP) is 2.53. The number of ether oxygens (including phenoxy) is 1. The third-order valence-electron chi connectivity index (χ3n) is 3.42. The molecule has 114 valence electrons. The molecule has 0 fully saturated rings. The van der Waals surface area contributed by atoms with Crippen molar-refractivity contribution in [2.75, 3.05) is 12.5 Å². The molecule has 6 heteroatoms. The number of nitrogens with one attached hydrogen (secondary N) is 1. The summed E-state index contributed by atoms with van der Waals surface area (Å²) in [5, 5.41) is 10.8. The van der Waals surface area contributed by atoms with Crippen LogP contribution in [0.4, 0.5) is 5.82 Å². The normalized spacial score (nSPS) is 14.0. The lowest BCUT2D eigenvalue weighted by Crippen LogP contribution is -2.16. The minimum Gasteiger partial charge on any atom is -0.497 e. The van der Waals surface area contributed by atoms with Gasteiger partial charge in [-0.3, -0.25) is 0 Å². The number of fused-ring (bicyclic) bond motifs is 1. The number of nitrogen functional groups attached to an aromatic ring is 1. The van der Waals surface area contributed by atoms with E-state index in [0.717, 1.165) is 28.0 Å². The molecule has 1 aromatic carbocycles. The molecule has 0 amide bonds. The van der Waals surface area contributed by atoms with E-state index in [9.17, 15) is 5.11 Å². The van der Waals surface area contributed by atoms with E-state index in [0.29, 0.717) is 5.82 Å². The maximum Gasteiger partial charge on any atom is 0.144 e. The van der Waals surface area contributed by atoms with Crippen molar-refractivity contribution in [3.8, 4) is 5.75 Å². The summed E-state index contributed by atoms with van der Waals surface area (Å²) >= 11 is 1.67. The first-order valence-electron chi connectivity index (χ1n) is 6.79. The van der Waals surface area contributed by atoms with Crippen molar-refractivity contribution >= 4 is 28.5 Å². The molecular formula is C15H21N3O2S. The molecular weight excluding hydrogens is 286 g/mol. The van der Waals surface area contributed by atoms with Crippen molar-refractivity contribution in [1.82, 2.24) is 4.98 Å². The highest BCUT2D eigenvalue weighted by Gasteiger charge is 2.12. The molecule has 2 aromatic rings. The van der Waals surface area contributed by atoms with Crippen molar-refractivity contribution in [2.24, 2.45) is 5.84 Å². The number of aromatic nitrogens is 1. The SMILES string of the molecule is COc1ccc2cc(CSC(C)C(C)O)c(NN)nc2c1. The number of nitrogens with two attached hydrogens (primary N) is 1. The van der Waals surface area contributed by atoms with E-state index in [1.807, 2.05) is 25.1 Å². The van der Waals surface area contributed by atoms with Crippen molar-refractivity contribution < 1.29 is 9.84 Å². The van der Waals surface area contributed by atoms with Gasteiger partial charge in [0.2, 0.25) is 0 Å². The van der Waals surface area contributed by atoms with E-state index in [1.165, 1.54) is 0 Å². The van der Waals surface area contributed by atoms with Gasteiger partial charge >= 0.3 is 0 Å². The monoisotopic (exact) mass is 307 g/mol. The lowest BCUT2D eigenvalue weighted by Gasteiger charge is -2.16. The average Bonchev–Trinajstić information content (AvgIpc) is 2.50. The van der Waals surface area contributed by atoms with Crippen LogP contribution < -0.4 is 16.0 Å². The number of thioether (sulfide) groups is 1. The molecule has 2 unspecified atom stereocenters. The first kappa shape index (κ1) is 15.9. The van der Waals surface area contributed by atoms with Crippen LogP contribution in [0.2, 0.25) is 0 Å². The Kier molecular flexibility index (Phi) is 5.27. The fourth-order valence-corrected chi connectivity index (χ4v) is 2.85. The number of hydrogen-bond acceptors (Lipinski definition) is 6. The number of methoxy groups -OCH3 is 1. The van der Waals surface area contributed by atoms with Gasteiger partial charge in [-0.25, -0.2) is 10.8 Å². The second-order valence-corrected chi connectivity index (χ2v) is 6.32. The smallest absolute Gasteiger partial charge is 0.144 e. The highest BCUT2D eigenvalue weighted by atomic mass is 32.2. The summed E-state index contributed by atoms with van der Waals surface area (Å²) in [6, 6.07) is 7.84. The molecule has 0 spiro atoms. The summed E-state index contributed by atoms with van der Waals surface area (Å²) in [4.78, 5) is 4.53. The van der Waals surface area contributed by atoms with Crippen LogP contribution in [0, 0.1) is 0 Å². The van der Waals surface area contributed by atoms with Crippen LogP contribution in [-0.4, -0.2) is 28.6 Å². The van der Waals surface area contributed by atoms with Crippen molar-refractivity contribution in [3.05, 3.63) is 29.8 Å². The number of pyridine rings is 1. The van der Waals surface area contributed by atoms with Crippen LogP contribution in [0.3, 0.4) is 0 Å². The first-order chi connectivity index (χ1) is 10.0. The molecule has 5 nitrogen and oxygen atoms in total. The predicted molar refractivity (Wildman–Crippen MR) is 88.5 cm³/mol. The Morgan fingerprint density at radius 2 is 2.14 bits per heavy atom. The standard InChI is InChI=1S/C15H21N3O2S/c1-9(19)10(2)21-8-12-6-11-4-5-13(20-3)7-14(11)17-15(12)18-16/h4-7,9-10,19H,8,16H2,1-3H3,(H,17,18). The summed E-state index contributed by atoms with van der Waals surface area (Å²) < 4.78 is 5.21. The summed E-state index contributed by atoms with van der Waals surface area (Å²) in [5.74, 6) is 7.73. The second-order valence-electron chi connectivity index (χ2n) is 4.96. The molecule has 1 aromatic heterocycles. The Labute approximate surface area is 128 Å². The molecule has 0 aliphatic carbocycles. The highest BCUT2D eigenvalue weighted by Crippen LogP contribution is 2.28. The number of aliphatic hydroxyl groups is 1. The number of hydrazine groups is 1. The molecule has 2 atom stereocenters. The average molecular weight is 307 g/mol. The van der Waals surface area contributed by atoms with Crippen molar-refractivity contribution in [2.45, 2.75) is 31.0 Å². The molecule has 0 aliphatic heterocycles. The molecule has 0 aliphatic rings. The van der Waals surface area contributed by atoms with E-state index in [4.69, 9.17) is 10.6 Å². The number of anilines is 1. The Hall–Kier alpha value is -1.50. The molecule has 2 rings (SSSR count). The number of hydrogen-bond donors (Lipinski definition) is 3. The number of rotatable bonds is 6. The van der Waals surface area contributed by atoms with Crippen LogP contribution in [0.25, 0.3) is 10.9 Å². The maximum absolute atomic E-state index is 9.56.